The SMILES string of the molecule is CCOc1ccc(NC(=O)CCN(C(C)=O)c2ccccc2C(C)C)cc1. The second-order valence-electron chi connectivity index (χ2n) is 6.64. The van der Waals surface area contributed by atoms with E-state index in [0.717, 1.165) is 17.0 Å². The fourth-order valence-electron chi connectivity index (χ4n) is 2.91. The van der Waals surface area contributed by atoms with Gasteiger partial charge >= 0.3 is 0 Å². The molecular weight excluding hydrogens is 340 g/mol. The quantitative estimate of drug-likeness (QED) is 0.741. The van der Waals surface area contributed by atoms with Gasteiger partial charge in [0, 0.05) is 31.3 Å². The van der Waals surface area contributed by atoms with Crippen molar-refractivity contribution in [2.75, 3.05) is 23.4 Å². The first-order valence-corrected chi connectivity index (χ1v) is 9.32. The van der Waals surface area contributed by atoms with Crippen molar-refractivity contribution in [3.8, 4) is 5.75 Å². The summed E-state index contributed by atoms with van der Waals surface area (Å²) in [7, 11) is 0. The highest BCUT2D eigenvalue weighted by atomic mass is 16.5. The third kappa shape index (κ3) is 5.84. The maximum absolute atomic E-state index is 12.3. The van der Waals surface area contributed by atoms with Gasteiger partial charge in [0.1, 0.15) is 5.75 Å². The molecule has 0 atom stereocenters. The van der Waals surface area contributed by atoms with Crippen molar-refractivity contribution in [1.82, 2.24) is 0 Å². The first kappa shape index (κ1) is 20.5. The number of amides is 2. The number of benzene rings is 2. The van der Waals surface area contributed by atoms with Crippen molar-refractivity contribution >= 4 is 23.2 Å². The summed E-state index contributed by atoms with van der Waals surface area (Å²) in [5.74, 6) is 0.855. The van der Waals surface area contributed by atoms with E-state index in [1.165, 1.54) is 6.92 Å². The zero-order chi connectivity index (χ0) is 19.8. The Hall–Kier alpha value is -2.82. The summed E-state index contributed by atoms with van der Waals surface area (Å²) in [6.45, 7) is 8.58. The second-order valence-corrected chi connectivity index (χ2v) is 6.64. The average Bonchev–Trinajstić information content (AvgIpc) is 2.63. The van der Waals surface area contributed by atoms with Crippen LogP contribution in [0.1, 0.15) is 45.6 Å². The van der Waals surface area contributed by atoms with Gasteiger partial charge in [0.2, 0.25) is 11.8 Å². The van der Waals surface area contributed by atoms with Crippen LogP contribution in [0.4, 0.5) is 11.4 Å². The van der Waals surface area contributed by atoms with Crippen LogP contribution in [0.2, 0.25) is 0 Å². The van der Waals surface area contributed by atoms with Crippen LogP contribution in [0.5, 0.6) is 5.75 Å². The lowest BCUT2D eigenvalue weighted by Crippen LogP contribution is -2.32. The van der Waals surface area contributed by atoms with Crippen LogP contribution < -0.4 is 15.0 Å². The van der Waals surface area contributed by atoms with E-state index in [4.69, 9.17) is 4.74 Å². The summed E-state index contributed by atoms with van der Waals surface area (Å²) in [5.41, 5.74) is 2.67. The lowest BCUT2D eigenvalue weighted by atomic mass is 10.0. The molecule has 2 amide bonds. The number of anilines is 2. The van der Waals surface area contributed by atoms with E-state index < -0.39 is 0 Å². The van der Waals surface area contributed by atoms with Gasteiger partial charge in [0.25, 0.3) is 0 Å². The standard InChI is InChI=1S/C22H28N2O3/c1-5-27-19-12-10-18(11-13-19)23-22(26)14-15-24(17(4)25)21-9-7-6-8-20(21)16(2)3/h6-13,16H,5,14-15H2,1-4H3,(H,23,26). The van der Waals surface area contributed by atoms with E-state index in [1.807, 2.05) is 43.3 Å². The number of hydrogen-bond donors (Lipinski definition) is 1. The minimum absolute atomic E-state index is 0.0723. The number of ether oxygens (including phenoxy) is 1. The molecule has 0 bridgehead atoms. The molecule has 0 aromatic heterocycles. The molecule has 0 aliphatic heterocycles. The van der Waals surface area contributed by atoms with E-state index in [-0.39, 0.29) is 18.2 Å². The van der Waals surface area contributed by atoms with Crippen LogP contribution in [-0.4, -0.2) is 25.0 Å². The molecule has 0 radical (unpaired) electrons. The molecule has 144 valence electrons. The third-order valence-corrected chi connectivity index (χ3v) is 4.24. The van der Waals surface area contributed by atoms with Crippen molar-refractivity contribution in [3.05, 3.63) is 54.1 Å². The van der Waals surface area contributed by atoms with Gasteiger partial charge in [-0.15, -0.1) is 0 Å². The molecule has 1 N–H and O–H groups in total. The molecule has 0 heterocycles. The van der Waals surface area contributed by atoms with Crippen molar-refractivity contribution in [2.24, 2.45) is 0 Å². The molecule has 0 aliphatic rings. The molecule has 5 nitrogen and oxygen atoms in total. The van der Waals surface area contributed by atoms with Crippen LogP contribution in [0.3, 0.4) is 0 Å². The van der Waals surface area contributed by atoms with Crippen molar-refractivity contribution in [2.45, 2.75) is 40.0 Å². The number of carbonyl (C=O) groups is 2. The zero-order valence-electron chi connectivity index (χ0n) is 16.5. The first-order chi connectivity index (χ1) is 12.9. The van der Waals surface area contributed by atoms with Crippen molar-refractivity contribution < 1.29 is 14.3 Å². The fourth-order valence-corrected chi connectivity index (χ4v) is 2.91. The molecule has 0 saturated carbocycles. The fraction of sp³-hybridized carbons (Fsp3) is 0.364. The second kappa shape index (κ2) is 9.76. The zero-order valence-corrected chi connectivity index (χ0v) is 16.5. The normalized spacial score (nSPS) is 10.6. The number of rotatable bonds is 8. The van der Waals surface area contributed by atoms with Gasteiger partial charge in [0.15, 0.2) is 0 Å². The van der Waals surface area contributed by atoms with Gasteiger partial charge in [-0.25, -0.2) is 0 Å². The first-order valence-electron chi connectivity index (χ1n) is 9.32. The predicted molar refractivity (Wildman–Crippen MR) is 109 cm³/mol. The van der Waals surface area contributed by atoms with Crippen LogP contribution in [0.15, 0.2) is 48.5 Å². The average molecular weight is 368 g/mol. The Morgan fingerprint density at radius 1 is 1.07 bits per heavy atom. The number of hydrogen-bond acceptors (Lipinski definition) is 3. The van der Waals surface area contributed by atoms with Gasteiger partial charge in [-0.3, -0.25) is 9.59 Å². The highest BCUT2D eigenvalue weighted by Gasteiger charge is 2.17. The summed E-state index contributed by atoms with van der Waals surface area (Å²) < 4.78 is 5.39. The summed E-state index contributed by atoms with van der Waals surface area (Å²) >= 11 is 0. The lowest BCUT2D eigenvalue weighted by Gasteiger charge is -2.25. The summed E-state index contributed by atoms with van der Waals surface area (Å²) in [6.07, 6.45) is 0.221. The maximum atomic E-state index is 12.3. The molecule has 0 unspecified atom stereocenters. The topological polar surface area (TPSA) is 58.6 Å². The third-order valence-electron chi connectivity index (χ3n) is 4.24. The lowest BCUT2D eigenvalue weighted by molar-refractivity contribution is -0.117. The monoisotopic (exact) mass is 368 g/mol. The van der Waals surface area contributed by atoms with Gasteiger partial charge in [-0.2, -0.15) is 0 Å². The van der Waals surface area contributed by atoms with Crippen LogP contribution in [0.25, 0.3) is 0 Å². The number of nitrogens with zero attached hydrogens (tertiary/aromatic N) is 1. The molecule has 0 fully saturated rings. The summed E-state index contributed by atoms with van der Waals surface area (Å²) in [6, 6.07) is 15.1. The molecule has 0 saturated heterocycles. The van der Waals surface area contributed by atoms with Gasteiger partial charge in [0.05, 0.1) is 6.61 Å². The highest BCUT2D eigenvalue weighted by Crippen LogP contribution is 2.27. The Morgan fingerprint density at radius 3 is 2.33 bits per heavy atom. The van der Waals surface area contributed by atoms with E-state index in [9.17, 15) is 9.59 Å². The smallest absolute Gasteiger partial charge is 0.226 e. The minimum atomic E-state index is -0.132. The molecule has 0 spiro atoms. The predicted octanol–water partition coefficient (Wildman–Crippen LogP) is 4.59. The number of nitrogens with one attached hydrogen (secondary N) is 1. The van der Waals surface area contributed by atoms with Crippen molar-refractivity contribution in [3.63, 3.8) is 0 Å². The van der Waals surface area contributed by atoms with Crippen LogP contribution in [-0.2, 0) is 9.59 Å². The van der Waals surface area contributed by atoms with E-state index in [1.54, 1.807) is 17.0 Å². The Balaban J connectivity index is 2.01. The molecule has 2 aromatic rings. The van der Waals surface area contributed by atoms with E-state index >= 15 is 0 Å². The molecule has 0 aliphatic carbocycles. The molecular formula is C22H28N2O3. The largest absolute Gasteiger partial charge is 0.494 e. The Kier molecular flexibility index (Phi) is 7.41. The molecule has 2 aromatic carbocycles. The van der Waals surface area contributed by atoms with Gasteiger partial charge < -0.3 is 15.0 Å². The Labute approximate surface area is 161 Å². The number of carbonyl (C=O) groups excluding carboxylic acids is 2. The van der Waals surface area contributed by atoms with Crippen LogP contribution in [0, 0.1) is 0 Å². The van der Waals surface area contributed by atoms with Gasteiger partial charge in [-0.05, 0) is 48.7 Å². The maximum Gasteiger partial charge on any atom is 0.226 e. The summed E-state index contributed by atoms with van der Waals surface area (Å²) in [5, 5.41) is 2.86. The van der Waals surface area contributed by atoms with Gasteiger partial charge in [-0.1, -0.05) is 32.0 Å². The molecule has 2 rings (SSSR count). The highest BCUT2D eigenvalue weighted by molar-refractivity contribution is 5.95. The van der Waals surface area contributed by atoms with Crippen LogP contribution >= 0.6 is 0 Å². The minimum Gasteiger partial charge on any atom is -0.494 e. The van der Waals surface area contributed by atoms with E-state index in [2.05, 4.69) is 19.2 Å². The molecule has 27 heavy (non-hydrogen) atoms. The number of para-hydroxylation sites is 1. The Morgan fingerprint density at radius 2 is 1.74 bits per heavy atom. The van der Waals surface area contributed by atoms with Crippen molar-refractivity contribution in [1.29, 1.82) is 0 Å². The van der Waals surface area contributed by atoms with E-state index in [0.29, 0.717) is 24.8 Å². The Bertz CT molecular complexity index is 769. The molecule has 5 heteroatoms. The summed E-state index contributed by atoms with van der Waals surface area (Å²) in [4.78, 5) is 26.2.